The maximum absolute atomic E-state index is 13.5. The van der Waals surface area contributed by atoms with Crippen molar-refractivity contribution in [2.24, 2.45) is 10.8 Å². The predicted molar refractivity (Wildman–Crippen MR) is 228 cm³/mol. The van der Waals surface area contributed by atoms with E-state index in [4.69, 9.17) is 27.5 Å². The molecule has 0 spiro atoms. The van der Waals surface area contributed by atoms with Crippen LogP contribution in [0, 0.1) is 23.2 Å². The van der Waals surface area contributed by atoms with E-state index < -0.39 is 12.2 Å². The summed E-state index contributed by atoms with van der Waals surface area (Å²) in [4.78, 5) is 62.4. The molecule has 2 aliphatic heterocycles. The number of para-hydroxylation sites is 1. The van der Waals surface area contributed by atoms with Gasteiger partial charge in [0.25, 0.3) is 11.8 Å². The molecular formula is C46H55ClN6O6. The zero-order valence-corrected chi connectivity index (χ0v) is 35.4. The quantitative estimate of drug-likeness (QED) is 0.110. The molecule has 1 saturated heterocycles. The number of nitrogens with zero attached hydrogens (tertiary/aromatic N) is 4. The third kappa shape index (κ3) is 8.64. The number of unbranched alkanes of at least 4 members (excludes halogenated alkanes) is 2. The van der Waals surface area contributed by atoms with Gasteiger partial charge in [0.15, 0.2) is 5.78 Å². The van der Waals surface area contributed by atoms with Gasteiger partial charge in [-0.15, -0.1) is 6.42 Å². The second kappa shape index (κ2) is 17.2. The molecule has 12 nitrogen and oxygen atoms in total. The van der Waals surface area contributed by atoms with Gasteiger partial charge in [0.2, 0.25) is 0 Å². The summed E-state index contributed by atoms with van der Waals surface area (Å²) in [7, 11) is 0. The largest absolute Gasteiger partial charge is 0.491 e. The van der Waals surface area contributed by atoms with Gasteiger partial charge in [0.1, 0.15) is 29.2 Å². The van der Waals surface area contributed by atoms with Crippen molar-refractivity contribution in [3.63, 3.8) is 0 Å². The summed E-state index contributed by atoms with van der Waals surface area (Å²) in [5, 5.41) is 7.12. The second-order valence-electron chi connectivity index (χ2n) is 17.4. The molecule has 2 saturated carbocycles. The van der Waals surface area contributed by atoms with Crippen molar-refractivity contribution in [1.82, 2.24) is 20.1 Å². The molecule has 13 heteroatoms. The van der Waals surface area contributed by atoms with E-state index in [1.807, 2.05) is 31.2 Å². The van der Waals surface area contributed by atoms with Crippen molar-refractivity contribution in [3.8, 4) is 23.8 Å². The van der Waals surface area contributed by atoms with Crippen molar-refractivity contribution in [2.45, 2.75) is 97.5 Å². The average molecular weight is 823 g/mol. The van der Waals surface area contributed by atoms with Crippen LogP contribution in [0.1, 0.15) is 99.4 Å². The SMILES string of the molecule is C#Cc1ccc(OC2C(C)(C)C(NC(=O)c3ccc(N4CCN(CCCCCOc5cccc6c5NC(C)N(C5CCC(=O)CC5=O)C6=O)CC4)nc3)C2(C)C)cc1Cl. The van der Waals surface area contributed by atoms with E-state index in [-0.39, 0.29) is 52.8 Å². The Labute approximate surface area is 352 Å². The molecule has 3 aromatic rings. The predicted octanol–water partition coefficient (Wildman–Crippen LogP) is 6.60. The van der Waals surface area contributed by atoms with E-state index in [2.05, 4.69) is 59.0 Å². The number of piperazine rings is 1. The zero-order valence-electron chi connectivity index (χ0n) is 34.7. The Morgan fingerprint density at radius 1 is 1.02 bits per heavy atom. The smallest absolute Gasteiger partial charge is 0.258 e. The molecule has 1 aromatic heterocycles. The molecule has 312 valence electrons. The van der Waals surface area contributed by atoms with Gasteiger partial charge in [-0.25, -0.2) is 4.98 Å². The Hall–Kier alpha value is -5.12. The van der Waals surface area contributed by atoms with Crippen LogP contribution in [0.25, 0.3) is 0 Å². The number of amides is 2. The first kappa shape index (κ1) is 42.0. The van der Waals surface area contributed by atoms with E-state index in [0.717, 1.165) is 57.8 Å². The second-order valence-corrected chi connectivity index (χ2v) is 17.8. The van der Waals surface area contributed by atoms with Gasteiger partial charge < -0.3 is 29.9 Å². The number of nitrogens with one attached hydrogen (secondary N) is 2. The lowest BCUT2D eigenvalue weighted by atomic mass is 9.49. The molecule has 2 aromatic carbocycles. The molecular weight excluding hydrogens is 768 g/mol. The van der Waals surface area contributed by atoms with Crippen LogP contribution in [0.15, 0.2) is 54.7 Å². The highest BCUT2D eigenvalue weighted by Crippen LogP contribution is 2.55. The molecule has 2 unspecified atom stereocenters. The third-order valence-electron chi connectivity index (χ3n) is 12.6. The van der Waals surface area contributed by atoms with Crippen molar-refractivity contribution in [2.75, 3.05) is 49.5 Å². The Bertz CT molecular complexity index is 2110. The van der Waals surface area contributed by atoms with Crippen LogP contribution < -0.4 is 25.0 Å². The Balaban J connectivity index is 0.817. The fraction of sp³-hybridized carbons (Fsp3) is 0.500. The number of terminal acetylenes is 1. The summed E-state index contributed by atoms with van der Waals surface area (Å²) >= 11 is 6.32. The number of anilines is 2. The molecule has 2 amide bonds. The fourth-order valence-electron chi connectivity index (χ4n) is 9.68. The number of hydrogen-bond donors (Lipinski definition) is 2. The van der Waals surface area contributed by atoms with Crippen LogP contribution in [0.3, 0.4) is 0 Å². The first-order chi connectivity index (χ1) is 28.2. The van der Waals surface area contributed by atoms with Gasteiger partial charge >= 0.3 is 0 Å². The van der Waals surface area contributed by atoms with Gasteiger partial charge in [-0.2, -0.15) is 0 Å². The molecule has 4 aliphatic rings. The van der Waals surface area contributed by atoms with Gasteiger partial charge in [0.05, 0.1) is 47.1 Å². The number of rotatable bonds is 13. The van der Waals surface area contributed by atoms with Crippen LogP contribution in [0.2, 0.25) is 5.02 Å². The fourth-order valence-corrected chi connectivity index (χ4v) is 9.90. The van der Waals surface area contributed by atoms with E-state index in [1.54, 1.807) is 35.4 Å². The number of aromatic nitrogens is 1. The molecule has 0 bridgehead atoms. The van der Waals surface area contributed by atoms with Crippen LogP contribution in [-0.4, -0.2) is 102 Å². The molecule has 3 heterocycles. The number of carbonyl (C=O) groups excluding carboxylic acids is 4. The minimum absolute atomic E-state index is 0.0627. The van der Waals surface area contributed by atoms with Crippen LogP contribution >= 0.6 is 11.6 Å². The number of fused-ring (bicyclic) bond motifs is 1. The normalized spacial score (nSPS) is 23.7. The molecule has 2 aliphatic carbocycles. The number of ketones is 2. The number of halogens is 1. The third-order valence-corrected chi connectivity index (χ3v) is 12.9. The minimum atomic E-state index is -0.589. The first-order valence-electron chi connectivity index (χ1n) is 20.8. The summed E-state index contributed by atoms with van der Waals surface area (Å²) in [6, 6.07) is 13.9. The maximum Gasteiger partial charge on any atom is 0.258 e. The number of carbonyl (C=O) groups is 4. The number of benzene rings is 2. The van der Waals surface area contributed by atoms with E-state index in [0.29, 0.717) is 58.3 Å². The number of ether oxygens (including phenoxy) is 2. The topological polar surface area (TPSA) is 133 Å². The highest BCUT2D eigenvalue weighted by Gasteiger charge is 2.64. The van der Waals surface area contributed by atoms with Crippen molar-refractivity contribution in [3.05, 3.63) is 76.4 Å². The number of pyridine rings is 1. The van der Waals surface area contributed by atoms with E-state index in [1.165, 1.54) is 0 Å². The summed E-state index contributed by atoms with van der Waals surface area (Å²) < 4.78 is 12.6. The summed E-state index contributed by atoms with van der Waals surface area (Å²) in [5.74, 6) is 4.09. The van der Waals surface area contributed by atoms with E-state index in [9.17, 15) is 19.2 Å². The zero-order chi connectivity index (χ0) is 42.1. The van der Waals surface area contributed by atoms with Crippen molar-refractivity contribution >= 4 is 46.5 Å². The van der Waals surface area contributed by atoms with Gasteiger partial charge in [0, 0.05) is 67.3 Å². The monoisotopic (exact) mass is 822 g/mol. The molecule has 2 atom stereocenters. The lowest BCUT2D eigenvalue weighted by Gasteiger charge is -2.63. The molecule has 2 N–H and O–H groups in total. The molecule has 7 rings (SSSR count). The lowest BCUT2D eigenvalue weighted by Crippen LogP contribution is -2.74. The Morgan fingerprint density at radius 2 is 1.78 bits per heavy atom. The highest BCUT2D eigenvalue weighted by atomic mass is 35.5. The average Bonchev–Trinajstić information content (AvgIpc) is 3.21. The van der Waals surface area contributed by atoms with Gasteiger partial charge in [-0.1, -0.05) is 51.3 Å². The number of hydrogen-bond acceptors (Lipinski definition) is 10. The lowest BCUT2D eigenvalue weighted by molar-refractivity contribution is -0.164. The van der Waals surface area contributed by atoms with Gasteiger partial charge in [-0.3, -0.25) is 24.1 Å². The Kier molecular flexibility index (Phi) is 12.3. The van der Waals surface area contributed by atoms with Gasteiger partial charge in [-0.05, 0) is 75.5 Å². The summed E-state index contributed by atoms with van der Waals surface area (Å²) in [5.41, 5.74) is 1.60. The van der Waals surface area contributed by atoms with Crippen molar-refractivity contribution < 1.29 is 28.7 Å². The standard InChI is InChI=1S/C46H55ClN6O6/c1-7-30-14-17-33(27-35(30)47)59-44-45(3,4)43(46(44,5)6)50-41(56)31-15-19-39(48-28-31)52-23-21-51(22-24-52)20-9-8-10-25-58-38-13-11-12-34-40(38)49-29(2)53(42(34)57)36-18-16-32(54)26-37(36)55/h1,11-15,17,19,27-29,36,43-44,49H,8-10,16,18,20-26H2,2-6H3,(H,50,56). The highest BCUT2D eigenvalue weighted by molar-refractivity contribution is 6.31. The number of Topliss-reactive ketones (excluding diaryl/α,β-unsaturated/α-hetero) is 2. The van der Waals surface area contributed by atoms with Crippen LogP contribution in [0.5, 0.6) is 11.5 Å². The molecule has 3 fully saturated rings. The maximum atomic E-state index is 13.5. The minimum Gasteiger partial charge on any atom is -0.491 e. The first-order valence-corrected chi connectivity index (χ1v) is 21.1. The van der Waals surface area contributed by atoms with Crippen LogP contribution in [0.4, 0.5) is 11.5 Å². The Morgan fingerprint density at radius 3 is 2.46 bits per heavy atom. The summed E-state index contributed by atoms with van der Waals surface area (Å²) in [6.45, 7) is 15.4. The summed E-state index contributed by atoms with van der Waals surface area (Å²) in [6.07, 6.45) is 10.1. The molecule has 0 radical (unpaired) electrons. The molecule has 59 heavy (non-hydrogen) atoms. The van der Waals surface area contributed by atoms with E-state index >= 15 is 0 Å². The van der Waals surface area contributed by atoms with Crippen LogP contribution in [-0.2, 0) is 9.59 Å². The van der Waals surface area contributed by atoms with Crippen molar-refractivity contribution in [1.29, 1.82) is 0 Å².